The van der Waals surface area contributed by atoms with Crippen LogP contribution in [0.5, 0.6) is 5.75 Å². The lowest BCUT2D eigenvalue weighted by molar-refractivity contribution is 0.0978. The summed E-state index contributed by atoms with van der Waals surface area (Å²) in [5.41, 5.74) is 0.532. The van der Waals surface area contributed by atoms with Gasteiger partial charge in [0.05, 0.1) is 23.4 Å². The first-order valence-electron chi connectivity index (χ1n) is 6.87. The van der Waals surface area contributed by atoms with Gasteiger partial charge in [-0.2, -0.15) is 5.26 Å². The zero-order valence-electron chi connectivity index (χ0n) is 12.4. The Kier molecular flexibility index (Phi) is 4.23. The van der Waals surface area contributed by atoms with E-state index in [1.165, 1.54) is 31.4 Å². The summed E-state index contributed by atoms with van der Waals surface area (Å²) in [5, 5.41) is 9.66. The Labute approximate surface area is 139 Å². The maximum atomic E-state index is 13.5. The summed E-state index contributed by atoms with van der Waals surface area (Å²) in [6.45, 7) is 0. The lowest BCUT2D eigenvalue weighted by Gasteiger charge is -2.07. The highest BCUT2D eigenvalue weighted by Crippen LogP contribution is 2.31. The average Bonchev–Trinajstić information content (AvgIpc) is 2.98. The third kappa shape index (κ3) is 2.84. The van der Waals surface area contributed by atoms with Crippen molar-refractivity contribution in [3.63, 3.8) is 0 Å². The summed E-state index contributed by atoms with van der Waals surface area (Å²) in [4.78, 5) is 16.8. The van der Waals surface area contributed by atoms with E-state index in [2.05, 4.69) is 4.98 Å². The minimum atomic E-state index is -1.15. The highest BCUT2D eigenvalue weighted by molar-refractivity contribution is 7.18. The Morgan fingerprint density at radius 2 is 2.08 bits per heavy atom. The Morgan fingerprint density at radius 1 is 1.29 bits per heavy atom. The molecule has 0 N–H and O–H groups in total. The molecular formula is C17H10F2N2O2S. The van der Waals surface area contributed by atoms with Gasteiger partial charge in [-0.05, 0) is 30.3 Å². The largest absolute Gasteiger partial charge is 0.494 e. The summed E-state index contributed by atoms with van der Waals surface area (Å²) in [5.74, 6) is -2.79. The van der Waals surface area contributed by atoms with Crippen LogP contribution in [-0.2, 0) is 0 Å². The van der Waals surface area contributed by atoms with Gasteiger partial charge in [0, 0.05) is 11.6 Å². The molecule has 0 aliphatic heterocycles. The quantitative estimate of drug-likeness (QED) is 0.669. The number of hydrogen-bond donors (Lipinski definition) is 0. The van der Waals surface area contributed by atoms with Gasteiger partial charge < -0.3 is 4.74 Å². The number of Topliss-reactive ketones (excluding diaryl/α,β-unsaturated/α-hetero) is 1. The number of carbonyl (C=O) groups is 1. The number of benzene rings is 2. The monoisotopic (exact) mass is 344 g/mol. The van der Waals surface area contributed by atoms with Gasteiger partial charge in [0.2, 0.25) is 0 Å². The van der Waals surface area contributed by atoms with Gasteiger partial charge in [-0.3, -0.25) is 4.79 Å². The van der Waals surface area contributed by atoms with Crippen LogP contribution in [0.2, 0.25) is 0 Å². The summed E-state index contributed by atoms with van der Waals surface area (Å²) in [6.07, 6.45) is 0. The van der Waals surface area contributed by atoms with Crippen molar-refractivity contribution in [3.8, 4) is 11.8 Å². The Balaban J connectivity index is 2.01. The molecule has 24 heavy (non-hydrogen) atoms. The van der Waals surface area contributed by atoms with Crippen molar-refractivity contribution in [2.24, 2.45) is 0 Å². The molecule has 2 aromatic carbocycles. The molecule has 0 spiro atoms. The second-order valence-corrected chi connectivity index (χ2v) is 6.00. The molecule has 0 saturated heterocycles. The maximum Gasteiger partial charge on any atom is 0.187 e. The lowest BCUT2D eigenvalue weighted by atomic mass is 9.99. The number of rotatable bonds is 4. The van der Waals surface area contributed by atoms with E-state index >= 15 is 0 Å². The van der Waals surface area contributed by atoms with Crippen LogP contribution in [-0.4, -0.2) is 17.9 Å². The molecule has 1 aromatic heterocycles. The normalized spacial score (nSPS) is 11.9. The topological polar surface area (TPSA) is 63.0 Å². The van der Waals surface area contributed by atoms with E-state index < -0.39 is 23.3 Å². The smallest absolute Gasteiger partial charge is 0.187 e. The summed E-state index contributed by atoms with van der Waals surface area (Å²) < 4.78 is 32.3. The van der Waals surface area contributed by atoms with Crippen molar-refractivity contribution in [3.05, 3.63) is 58.6 Å². The van der Waals surface area contributed by atoms with Crippen LogP contribution in [0.4, 0.5) is 8.78 Å². The van der Waals surface area contributed by atoms with Crippen molar-refractivity contribution in [1.29, 1.82) is 5.26 Å². The highest BCUT2D eigenvalue weighted by Gasteiger charge is 2.26. The highest BCUT2D eigenvalue weighted by atomic mass is 32.1. The summed E-state index contributed by atoms with van der Waals surface area (Å²) in [6, 6.07) is 9.64. The fraction of sp³-hybridized carbons (Fsp3) is 0.118. The Hall–Kier alpha value is -2.85. The first kappa shape index (κ1) is 16.0. The molecule has 1 atom stereocenters. The van der Waals surface area contributed by atoms with Crippen LogP contribution in [0.25, 0.3) is 10.2 Å². The molecule has 7 heteroatoms. The third-order valence-corrected chi connectivity index (χ3v) is 4.54. The number of ether oxygens (including phenoxy) is 1. The number of nitriles is 1. The van der Waals surface area contributed by atoms with Gasteiger partial charge in [-0.25, -0.2) is 13.8 Å². The number of carbonyl (C=O) groups excluding carboxylic acids is 1. The van der Waals surface area contributed by atoms with Gasteiger partial charge in [0.25, 0.3) is 0 Å². The Bertz CT molecular complexity index is 978. The fourth-order valence-corrected chi connectivity index (χ4v) is 3.24. The number of thiazole rings is 1. The molecule has 0 radical (unpaired) electrons. The molecule has 0 amide bonds. The van der Waals surface area contributed by atoms with Crippen molar-refractivity contribution >= 4 is 27.3 Å². The number of nitrogens with zero attached hydrogens (tertiary/aromatic N) is 2. The van der Waals surface area contributed by atoms with E-state index in [1.807, 2.05) is 6.07 Å². The van der Waals surface area contributed by atoms with E-state index in [1.54, 1.807) is 6.07 Å². The van der Waals surface area contributed by atoms with Crippen molar-refractivity contribution in [2.45, 2.75) is 5.92 Å². The molecule has 3 aromatic rings. The van der Waals surface area contributed by atoms with Gasteiger partial charge in [0.15, 0.2) is 23.3 Å². The first-order valence-corrected chi connectivity index (χ1v) is 7.68. The van der Waals surface area contributed by atoms with Gasteiger partial charge in [-0.1, -0.05) is 0 Å². The molecule has 0 aliphatic rings. The van der Waals surface area contributed by atoms with E-state index in [0.29, 0.717) is 10.2 Å². The molecule has 120 valence electrons. The second-order valence-electron chi connectivity index (χ2n) is 4.94. The van der Waals surface area contributed by atoms with Gasteiger partial charge in [0.1, 0.15) is 10.8 Å². The zero-order chi connectivity index (χ0) is 17.3. The SMILES string of the molecule is COc1cc(C(=O)C(C#N)c2nc3cc(F)ccc3s2)ccc1F. The molecule has 1 heterocycles. The van der Waals surface area contributed by atoms with Gasteiger partial charge in [-0.15, -0.1) is 11.3 Å². The van der Waals surface area contributed by atoms with E-state index in [0.717, 1.165) is 17.4 Å². The van der Waals surface area contributed by atoms with Crippen molar-refractivity contribution < 1.29 is 18.3 Å². The number of fused-ring (bicyclic) bond motifs is 1. The molecule has 0 saturated carbocycles. The molecule has 0 bridgehead atoms. The van der Waals surface area contributed by atoms with Crippen LogP contribution in [0, 0.1) is 23.0 Å². The van der Waals surface area contributed by atoms with E-state index in [-0.39, 0.29) is 16.3 Å². The Morgan fingerprint density at radius 3 is 2.79 bits per heavy atom. The molecule has 0 fully saturated rings. The molecule has 3 rings (SSSR count). The van der Waals surface area contributed by atoms with Crippen LogP contribution in [0.3, 0.4) is 0 Å². The number of aromatic nitrogens is 1. The molecule has 0 aliphatic carbocycles. The molecular weight excluding hydrogens is 334 g/mol. The van der Waals surface area contributed by atoms with Crippen LogP contribution in [0.15, 0.2) is 36.4 Å². The number of methoxy groups -OCH3 is 1. The number of halogens is 2. The molecule has 4 nitrogen and oxygen atoms in total. The third-order valence-electron chi connectivity index (χ3n) is 3.44. The standard InChI is InChI=1S/C17H10F2N2O2S/c1-23-14-6-9(2-4-12(14)19)16(22)11(8-20)17-21-13-7-10(18)3-5-15(13)24-17/h2-7,11H,1H3. The van der Waals surface area contributed by atoms with Crippen LogP contribution in [0.1, 0.15) is 21.3 Å². The second kappa shape index (κ2) is 6.34. The predicted octanol–water partition coefficient (Wildman–Crippen LogP) is 4.07. The van der Waals surface area contributed by atoms with Crippen molar-refractivity contribution in [1.82, 2.24) is 4.98 Å². The number of ketones is 1. The predicted molar refractivity (Wildman–Crippen MR) is 85.2 cm³/mol. The lowest BCUT2D eigenvalue weighted by Crippen LogP contribution is -2.11. The average molecular weight is 344 g/mol. The van der Waals surface area contributed by atoms with Gasteiger partial charge >= 0.3 is 0 Å². The van der Waals surface area contributed by atoms with E-state index in [4.69, 9.17) is 4.74 Å². The maximum absolute atomic E-state index is 13.5. The van der Waals surface area contributed by atoms with Crippen LogP contribution >= 0.6 is 11.3 Å². The molecule has 1 unspecified atom stereocenters. The summed E-state index contributed by atoms with van der Waals surface area (Å²) >= 11 is 1.15. The minimum absolute atomic E-state index is 0.0797. The zero-order valence-corrected chi connectivity index (χ0v) is 13.2. The van der Waals surface area contributed by atoms with E-state index in [9.17, 15) is 18.8 Å². The number of hydrogen-bond acceptors (Lipinski definition) is 5. The first-order chi connectivity index (χ1) is 11.5. The summed E-state index contributed by atoms with van der Waals surface area (Å²) in [7, 11) is 1.29. The van der Waals surface area contributed by atoms with Crippen molar-refractivity contribution in [2.75, 3.05) is 7.11 Å². The fourth-order valence-electron chi connectivity index (χ4n) is 2.25. The minimum Gasteiger partial charge on any atom is -0.494 e. The van der Waals surface area contributed by atoms with Crippen LogP contribution < -0.4 is 4.74 Å².